The smallest absolute Gasteiger partial charge is 0.223 e. The van der Waals surface area contributed by atoms with Gasteiger partial charge in [0, 0.05) is 13.2 Å². The van der Waals surface area contributed by atoms with Crippen LogP contribution in [0.3, 0.4) is 0 Å². The Morgan fingerprint density at radius 1 is 1.35 bits per heavy atom. The highest BCUT2D eigenvalue weighted by molar-refractivity contribution is 5.77. The first-order valence-electron chi connectivity index (χ1n) is 7.72. The van der Waals surface area contributed by atoms with E-state index in [1.165, 1.54) is 0 Å². The molecule has 1 amide bonds. The molecule has 0 bridgehead atoms. The van der Waals surface area contributed by atoms with E-state index >= 15 is 0 Å². The first-order valence-corrected chi connectivity index (χ1v) is 7.72. The molecule has 5 nitrogen and oxygen atoms in total. The predicted octanol–water partition coefficient (Wildman–Crippen LogP) is 0.750. The van der Waals surface area contributed by atoms with Gasteiger partial charge in [0.05, 0.1) is 17.6 Å². The summed E-state index contributed by atoms with van der Waals surface area (Å²) in [5, 5.41) is 9.77. The van der Waals surface area contributed by atoms with Crippen LogP contribution in [0.2, 0.25) is 0 Å². The average Bonchev–Trinajstić information content (AvgIpc) is 2.85. The van der Waals surface area contributed by atoms with Gasteiger partial charge in [-0.15, -0.1) is 0 Å². The van der Waals surface area contributed by atoms with Gasteiger partial charge in [-0.1, -0.05) is 0 Å². The van der Waals surface area contributed by atoms with Gasteiger partial charge in [-0.2, -0.15) is 0 Å². The lowest BCUT2D eigenvalue weighted by atomic mass is 9.84. The van der Waals surface area contributed by atoms with Crippen LogP contribution in [0.15, 0.2) is 0 Å². The third-order valence-electron chi connectivity index (χ3n) is 4.64. The molecule has 2 aliphatic heterocycles. The normalized spacial score (nSPS) is 29.8. The second kappa shape index (κ2) is 6.41. The van der Waals surface area contributed by atoms with Crippen molar-refractivity contribution in [3.63, 3.8) is 0 Å². The number of carbonyl (C=O) groups excluding carboxylic acids is 1. The standard InChI is InChI=1S/C15H28N2O3/c1-15(2,19)6-9-17-7-3-11(4-8-17)13-12(14(16)18)5-10-20-13/h11-13,19H,3-10H2,1-2H3,(H2,16,18)/t12-,13+/m0/s1. The molecular weight excluding hydrogens is 256 g/mol. The number of hydrogen-bond acceptors (Lipinski definition) is 4. The predicted molar refractivity (Wildman–Crippen MR) is 77.1 cm³/mol. The quantitative estimate of drug-likeness (QED) is 0.781. The number of nitrogens with two attached hydrogens (primary N) is 1. The largest absolute Gasteiger partial charge is 0.390 e. The second-order valence-corrected chi connectivity index (χ2v) is 6.87. The maximum Gasteiger partial charge on any atom is 0.223 e. The van der Waals surface area contributed by atoms with Crippen molar-refractivity contribution < 1.29 is 14.6 Å². The lowest BCUT2D eigenvalue weighted by Gasteiger charge is -2.36. The molecular formula is C15H28N2O3. The van der Waals surface area contributed by atoms with Crippen LogP contribution in [0.5, 0.6) is 0 Å². The summed E-state index contributed by atoms with van der Waals surface area (Å²) in [6.07, 6.45) is 3.71. The van der Waals surface area contributed by atoms with Crippen LogP contribution in [0.25, 0.3) is 0 Å². The van der Waals surface area contributed by atoms with Crippen molar-refractivity contribution in [1.29, 1.82) is 0 Å². The monoisotopic (exact) mass is 284 g/mol. The number of carbonyl (C=O) groups is 1. The minimum Gasteiger partial charge on any atom is -0.390 e. The Kier molecular flexibility index (Phi) is 5.04. The number of likely N-dealkylation sites (tertiary alicyclic amines) is 1. The van der Waals surface area contributed by atoms with Crippen molar-refractivity contribution in [2.75, 3.05) is 26.2 Å². The maximum absolute atomic E-state index is 11.4. The zero-order chi connectivity index (χ0) is 14.8. The second-order valence-electron chi connectivity index (χ2n) is 6.87. The van der Waals surface area contributed by atoms with Crippen molar-refractivity contribution in [2.24, 2.45) is 17.6 Å². The maximum atomic E-state index is 11.4. The molecule has 116 valence electrons. The topological polar surface area (TPSA) is 75.8 Å². The van der Waals surface area contributed by atoms with Gasteiger partial charge in [0.1, 0.15) is 0 Å². The van der Waals surface area contributed by atoms with Crippen molar-refractivity contribution >= 4 is 5.91 Å². The first-order chi connectivity index (χ1) is 9.37. The molecule has 0 spiro atoms. The Balaban J connectivity index is 1.78. The summed E-state index contributed by atoms with van der Waals surface area (Å²) < 4.78 is 5.76. The lowest BCUT2D eigenvalue weighted by molar-refractivity contribution is -0.124. The number of rotatable bonds is 5. The summed E-state index contributed by atoms with van der Waals surface area (Å²) in [6.45, 7) is 7.34. The van der Waals surface area contributed by atoms with E-state index in [1.807, 2.05) is 13.8 Å². The van der Waals surface area contributed by atoms with E-state index < -0.39 is 5.60 Å². The molecule has 0 aromatic rings. The summed E-state index contributed by atoms with van der Waals surface area (Å²) in [6, 6.07) is 0. The Morgan fingerprint density at radius 2 is 2.00 bits per heavy atom. The Morgan fingerprint density at radius 3 is 2.55 bits per heavy atom. The molecule has 0 saturated carbocycles. The van der Waals surface area contributed by atoms with Gasteiger partial charge in [0.15, 0.2) is 0 Å². The van der Waals surface area contributed by atoms with Gasteiger partial charge in [0.2, 0.25) is 5.91 Å². The highest BCUT2D eigenvalue weighted by Crippen LogP contribution is 2.33. The lowest BCUT2D eigenvalue weighted by Crippen LogP contribution is -2.43. The van der Waals surface area contributed by atoms with Crippen molar-refractivity contribution in [2.45, 2.75) is 51.2 Å². The first kappa shape index (κ1) is 15.7. The molecule has 0 aromatic carbocycles. The van der Waals surface area contributed by atoms with E-state index in [0.29, 0.717) is 12.5 Å². The molecule has 0 unspecified atom stereocenters. The molecule has 2 atom stereocenters. The molecule has 2 heterocycles. The van der Waals surface area contributed by atoms with Gasteiger partial charge in [-0.05, 0) is 58.5 Å². The summed E-state index contributed by atoms with van der Waals surface area (Å²) in [7, 11) is 0. The SMILES string of the molecule is CC(C)(O)CCN1CCC([C@H]2OCC[C@@H]2C(N)=O)CC1. The molecule has 2 aliphatic rings. The summed E-state index contributed by atoms with van der Waals surface area (Å²) in [5.74, 6) is 0.147. The zero-order valence-electron chi connectivity index (χ0n) is 12.7. The van der Waals surface area contributed by atoms with E-state index in [-0.39, 0.29) is 17.9 Å². The molecule has 2 fully saturated rings. The number of nitrogens with zero attached hydrogens (tertiary/aromatic N) is 1. The third kappa shape index (κ3) is 4.17. The number of piperidine rings is 1. The average molecular weight is 284 g/mol. The van der Waals surface area contributed by atoms with Crippen molar-refractivity contribution in [3.05, 3.63) is 0 Å². The van der Waals surface area contributed by atoms with E-state index in [9.17, 15) is 9.90 Å². The third-order valence-corrected chi connectivity index (χ3v) is 4.64. The van der Waals surface area contributed by atoms with Crippen LogP contribution in [-0.2, 0) is 9.53 Å². The molecule has 2 rings (SSSR count). The van der Waals surface area contributed by atoms with Crippen LogP contribution in [0.4, 0.5) is 0 Å². The van der Waals surface area contributed by atoms with E-state index in [2.05, 4.69) is 4.90 Å². The summed E-state index contributed by atoms with van der Waals surface area (Å²) in [5.41, 5.74) is 4.87. The Labute approximate surface area is 121 Å². The highest BCUT2D eigenvalue weighted by atomic mass is 16.5. The zero-order valence-corrected chi connectivity index (χ0v) is 12.7. The Hall–Kier alpha value is -0.650. The van der Waals surface area contributed by atoms with Gasteiger partial charge in [0.25, 0.3) is 0 Å². The van der Waals surface area contributed by atoms with E-state index in [1.54, 1.807) is 0 Å². The number of hydrogen-bond donors (Lipinski definition) is 2. The number of amides is 1. The van der Waals surface area contributed by atoms with E-state index in [4.69, 9.17) is 10.5 Å². The molecule has 3 N–H and O–H groups in total. The highest BCUT2D eigenvalue weighted by Gasteiger charge is 2.39. The van der Waals surface area contributed by atoms with Gasteiger partial charge < -0.3 is 20.5 Å². The summed E-state index contributed by atoms with van der Waals surface area (Å²) in [4.78, 5) is 13.8. The van der Waals surface area contributed by atoms with Crippen LogP contribution >= 0.6 is 0 Å². The van der Waals surface area contributed by atoms with E-state index in [0.717, 1.165) is 45.3 Å². The number of aliphatic hydroxyl groups is 1. The van der Waals surface area contributed by atoms with Crippen LogP contribution in [0, 0.1) is 11.8 Å². The minimum absolute atomic E-state index is 0.0314. The van der Waals surface area contributed by atoms with Crippen LogP contribution < -0.4 is 5.73 Å². The van der Waals surface area contributed by atoms with Crippen LogP contribution in [0.1, 0.15) is 39.5 Å². The fourth-order valence-corrected chi connectivity index (χ4v) is 3.32. The molecule has 0 aliphatic carbocycles. The molecule has 20 heavy (non-hydrogen) atoms. The molecule has 5 heteroatoms. The van der Waals surface area contributed by atoms with Crippen molar-refractivity contribution in [3.8, 4) is 0 Å². The number of ether oxygens (including phenoxy) is 1. The summed E-state index contributed by atoms with van der Waals surface area (Å²) >= 11 is 0. The molecule has 0 aromatic heterocycles. The fraction of sp³-hybridized carbons (Fsp3) is 0.933. The van der Waals surface area contributed by atoms with Gasteiger partial charge in [-0.3, -0.25) is 4.79 Å². The van der Waals surface area contributed by atoms with Gasteiger partial charge in [-0.25, -0.2) is 0 Å². The molecule has 2 saturated heterocycles. The Bertz CT molecular complexity index is 333. The van der Waals surface area contributed by atoms with Crippen LogP contribution in [-0.4, -0.2) is 53.9 Å². The fourth-order valence-electron chi connectivity index (χ4n) is 3.32. The minimum atomic E-state index is -0.595. The van der Waals surface area contributed by atoms with Crippen molar-refractivity contribution in [1.82, 2.24) is 4.90 Å². The van der Waals surface area contributed by atoms with Gasteiger partial charge >= 0.3 is 0 Å². The number of primary amides is 1. The molecule has 0 radical (unpaired) electrons.